The molecule has 0 aliphatic carbocycles. The van der Waals surface area contributed by atoms with Gasteiger partial charge in [-0.3, -0.25) is 10.2 Å². The molecule has 0 saturated carbocycles. The molecule has 1 rings (SSSR count). The fraction of sp³-hybridized carbons (Fsp3) is 0.500. The maximum atomic E-state index is 11.6. The normalized spacial score (nSPS) is 11.7. The zero-order valence-electron chi connectivity index (χ0n) is 11.7. The molecule has 0 unspecified atom stereocenters. The summed E-state index contributed by atoms with van der Waals surface area (Å²) in [7, 11) is 2.06. The quantitative estimate of drug-likeness (QED) is 0.486. The molecular formula is C14H23N3O. The van der Waals surface area contributed by atoms with Crippen molar-refractivity contribution in [2.24, 2.45) is 11.3 Å². The summed E-state index contributed by atoms with van der Waals surface area (Å²) in [6.45, 7) is 8.29. The van der Waals surface area contributed by atoms with Gasteiger partial charge in [0.1, 0.15) is 0 Å². The standard InChI is InChI=1S/C14H23N3O/c1-14(2,3)10-17(4)9-11-7-5-6-8-12(11)13(18)16-15/h5-8H,9-10,15H2,1-4H3,(H,16,18). The second-order valence-corrected chi connectivity index (χ2v) is 5.86. The predicted molar refractivity (Wildman–Crippen MR) is 73.9 cm³/mol. The number of nitrogen functional groups attached to an aromatic ring is 1. The number of hydrogen-bond donors (Lipinski definition) is 2. The van der Waals surface area contributed by atoms with Crippen LogP contribution in [0.15, 0.2) is 24.3 Å². The molecule has 18 heavy (non-hydrogen) atoms. The Labute approximate surface area is 109 Å². The second-order valence-electron chi connectivity index (χ2n) is 5.86. The molecule has 0 bridgehead atoms. The number of nitrogens with one attached hydrogen (secondary N) is 1. The number of carbonyl (C=O) groups excluding carboxylic acids is 1. The van der Waals surface area contributed by atoms with Gasteiger partial charge in [0.2, 0.25) is 0 Å². The van der Waals surface area contributed by atoms with Gasteiger partial charge in [-0.25, -0.2) is 5.84 Å². The molecule has 0 heterocycles. The van der Waals surface area contributed by atoms with E-state index in [9.17, 15) is 4.79 Å². The minimum Gasteiger partial charge on any atom is -0.302 e. The van der Waals surface area contributed by atoms with E-state index >= 15 is 0 Å². The third kappa shape index (κ3) is 4.47. The average Bonchev–Trinajstić information content (AvgIpc) is 2.26. The smallest absolute Gasteiger partial charge is 0.265 e. The van der Waals surface area contributed by atoms with Crippen LogP contribution in [0.4, 0.5) is 0 Å². The first-order chi connectivity index (χ1) is 8.33. The van der Waals surface area contributed by atoms with E-state index in [1.807, 2.05) is 18.2 Å². The van der Waals surface area contributed by atoms with Crippen LogP contribution < -0.4 is 11.3 Å². The highest BCUT2D eigenvalue weighted by Gasteiger charge is 2.16. The van der Waals surface area contributed by atoms with Gasteiger partial charge >= 0.3 is 0 Å². The summed E-state index contributed by atoms with van der Waals surface area (Å²) in [5.74, 6) is 4.95. The van der Waals surface area contributed by atoms with Crippen molar-refractivity contribution in [2.45, 2.75) is 27.3 Å². The fourth-order valence-electron chi connectivity index (χ4n) is 2.11. The molecule has 0 aromatic heterocycles. The lowest BCUT2D eigenvalue weighted by atomic mass is 9.96. The highest BCUT2D eigenvalue weighted by atomic mass is 16.2. The largest absolute Gasteiger partial charge is 0.302 e. The molecule has 100 valence electrons. The summed E-state index contributed by atoms with van der Waals surface area (Å²) >= 11 is 0. The Hall–Kier alpha value is -1.39. The molecule has 0 saturated heterocycles. The van der Waals surface area contributed by atoms with Gasteiger partial charge in [-0.1, -0.05) is 39.0 Å². The highest BCUT2D eigenvalue weighted by molar-refractivity contribution is 5.95. The molecule has 0 fully saturated rings. The van der Waals surface area contributed by atoms with E-state index in [0.717, 1.165) is 18.7 Å². The van der Waals surface area contributed by atoms with E-state index < -0.39 is 0 Å². The van der Waals surface area contributed by atoms with Crippen LogP contribution in [0.1, 0.15) is 36.7 Å². The third-order valence-corrected chi connectivity index (χ3v) is 2.58. The van der Waals surface area contributed by atoms with Crippen molar-refractivity contribution in [3.63, 3.8) is 0 Å². The zero-order valence-corrected chi connectivity index (χ0v) is 11.7. The van der Waals surface area contributed by atoms with Crippen molar-refractivity contribution in [1.29, 1.82) is 0 Å². The number of benzene rings is 1. The summed E-state index contributed by atoms with van der Waals surface area (Å²) in [6, 6.07) is 7.54. The first-order valence-corrected chi connectivity index (χ1v) is 6.11. The number of hydrazine groups is 1. The lowest BCUT2D eigenvalue weighted by Crippen LogP contribution is -2.33. The lowest BCUT2D eigenvalue weighted by molar-refractivity contribution is 0.0951. The monoisotopic (exact) mass is 249 g/mol. The summed E-state index contributed by atoms with van der Waals surface area (Å²) in [6.07, 6.45) is 0. The lowest BCUT2D eigenvalue weighted by Gasteiger charge is -2.27. The molecule has 4 nitrogen and oxygen atoms in total. The summed E-state index contributed by atoms with van der Waals surface area (Å²) < 4.78 is 0. The molecule has 0 aliphatic heterocycles. The number of nitrogens with two attached hydrogens (primary N) is 1. The van der Waals surface area contributed by atoms with Crippen molar-refractivity contribution < 1.29 is 4.79 Å². The van der Waals surface area contributed by atoms with Crippen molar-refractivity contribution in [2.75, 3.05) is 13.6 Å². The maximum absolute atomic E-state index is 11.6. The molecule has 0 atom stereocenters. The number of nitrogens with zero attached hydrogens (tertiary/aromatic N) is 1. The topological polar surface area (TPSA) is 58.4 Å². The molecule has 0 radical (unpaired) electrons. The average molecular weight is 249 g/mol. The Kier molecular flexibility index (Phi) is 4.87. The van der Waals surface area contributed by atoms with Gasteiger partial charge in [0.15, 0.2) is 0 Å². The van der Waals surface area contributed by atoms with E-state index in [1.165, 1.54) is 0 Å². The van der Waals surface area contributed by atoms with Crippen LogP contribution in [-0.2, 0) is 6.54 Å². The van der Waals surface area contributed by atoms with E-state index in [4.69, 9.17) is 5.84 Å². The Morgan fingerprint density at radius 3 is 2.50 bits per heavy atom. The summed E-state index contributed by atoms with van der Waals surface area (Å²) in [5, 5.41) is 0. The predicted octanol–water partition coefficient (Wildman–Crippen LogP) is 1.77. The van der Waals surface area contributed by atoms with Gasteiger partial charge in [0.05, 0.1) is 0 Å². The molecule has 1 aromatic carbocycles. The molecule has 3 N–H and O–H groups in total. The van der Waals surface area contributed by atoms with Crippen LogP contribution in [0.5, 0.6) is 0 Å². The summed E-state index contributed by atoms with van der Waals surface area (Å²) in [4.78, 5) is 13.9. The fourth-order valence-corrected chi connectivity index (χ4v) is 2.11. The van der Waals surface area contributed by atoms with Crippen molar-refractivity contribution in [3.05, 3.63) is 35.4 Å². The van der Waals surface area contributed by atoms with E-state index in [2.05, 4.69) is 38.1 Å². The highest BCUT2D eigenvalue weighted by Crippen LogP contribution is 2.17. The van der Waals surface area contributed by atoms with Gasteiger partial charge in [0, 0.05) is 18.7 Å². The molecule has 1 aromatic rings. The maximum Gasteiger partial charge on any atom is 0.265 e. The van der Waals surface area contributed by atoms with E-state index in [-0.39, 0.29) is 11.3 Å². The van der Waals surface area contributed by atoms with Crippen LogP contribution in [0, 0.1) is 5.41 Å². The second kappa shape index (κ2) is 5.98. The molecule has 1 amide bonds. The van der Waals surface area contributed by atoms with Crippen LogP contribution in [0.25, 0.3) is 0 Å². The molecule has 4 heteroatoms. The Morgan fingerprint density at radius 1 is 1.33 bits per heavy atom. The molecule has 0 aliphatic rings. The number of rotatable bonds is 4. The third-order valence-electron chi connectivity index (χ3n) is 2.58. The minimum atomic E-state index is -0.241. The zero-order chi connectivity index (χ0) is 13.8. The molecule has 0 spiro atoms. The minimum absolute atomic E-state index is 0.236. The van der Waals surface area contributed by atoms with Crippen LogP contribution in [0.2, 0.25) is 0 Å². The van der Waals surface area contributed by atoms with Crippen molar-refractivity contribution in [1.82, 2.24) is 10.3 Å². The van der Waals surface area contributed by atoms with Gasteiger partial charge in [-0.05, 0) is 24.1 Å². The molecular weight excluding hydrogens is 226 g/mol. The number of hydrogen-bond acceptors (Lipinski definition) is 3. The first-order valence-electron chi connectivity index (χ1n) is 6.11. The van der Waals surface area contributed by atoms with Crippen LogP contribution in [-0.4, -0.2) is 24.4 Å². The van der Waals surface area contributed by atoms with Crippen LogP contribution >= 0.6 is 0 Å². The summed E-state index contributed by atoms with van der Waals surface area (Å²) in [5.41, 5.74) is 4.05. The Bertz CT molecular complexity index is 410. The van der Waals surface area contributed by atoms with E-state index in [0.29, 0.717) is 5.56 Å². The van der Waals surface area contributed by atoms with Crippen LogP contribution in [0.3, 0.4) is 0 Å². The van der Waals surface area contributed by atoms with Gasteiger partial charge < -0.3 is 4.90 Å². The number of carbonyl (C=O) groups is 1. The van der Waals surface area contributed by atoms with Crippen molar-refractivity contribution in [3.8, 4) is 0 Å². The Balaban J connectivity index is 2.81. The first kappa shape index (κ1) is 14.7. The van der Waals surface area contributed by atoms with Gasteiger partial charge in [0.25, 0.3) is 5.91 Å². The Morgan fingerprint density at radius 2 is 1.94 bits per heavy atom. The SMILES string of the molecule is CN(Cc1ccccc1C(=O)NN)CC(C)(C)C. The van der Waals surface area contributed by atoms with Gasteiger partial charge in [-0.15, -0.1) is 0 Å². The van der Waals surface area contributed by atoms with Gasteiger partial charge in [-0.2, -0.15) is 0 Å². The van der Waals surface area contributed by atoms with E-state index in [1.54, 1.807) is 6.07 Å². The number of amides is 1. The van der Waals surface area contributed by atoms with Crippen molar-refractivity contribution >= 4 is 5.91 Å².